The summed E-state index contributed by atoms with van der Waals surface area (Å²) in [6, 6.07) is 6.46. The normalized spacial score (nSPS) is 17.8. The first kappa shape index (κ1) is 13.3. The molecule has 1 heterocycles. The molecule has 0 saturated carbocycles. The van der Waals surface area contributed by atoms with E-state index in [9.17, 15) is 5.11 Å². The Morgan fingerprint density at radius 1 is 1.16 bits per heavy atom. The minimum absolute atomic E-state index is 0.925. The van der Waals surface area contributed by atoms with Crippen LogP contribution >= 0.6 is 27.3 Å². The van der Waals surface area contributed by atoms with Crippen molar-refractivity contribution >= 4 is 27.3 Å². The fourth-order valence-corrected chi connectivity index (χ4v) is 4.60. The number of halogens is 1. The van der Waals surface area contributed by atoms with Gasteiger partial charge >= 0.3 is 0 Å². The standard InChI is InChI=1S/C16H17BrOS/c1-16(18,14-9-19-10-15(14)17)13-7-6-11-4-2-3-5-12(11)8-13/h6-10,18H,2-5H2,1H3. The van der Waals surface area contributed by atoms with Crippen LogP contribution in [0.25, 0.3) is 0 Å². The van der Waals surface area contributed by atoms with Crippen molar-refractivity contribution in [2.75, 3.05) is 0 Å². The molecular formula is C16H17BrOS. The van der Waals surface area contributed by atoms with Crippen LogP contribution in [-0.4, -0.2) is 5.11 Å². The molecule has 1 atom stereocenters. The van der Waals surface area contributed by atoms with Crippen LogP contribution in [0, 0.1) is 0 Å². The van der Waals surface area contributed by atoms with Gasteiger partial charge in [0.1, 0.15) is 5.60 Å². The Labute approximate surface area is 126 Å². The van der Waals surface area contributed by atoms with Crippen molar-refractivity contribution in [2.45, 2.75) is 38.2 Å². The molecule has 0 fully saturated rings. The number of fused-ring (bicyclic) bond motifs is 1. The zero-order valence-corrected chi connectivity index (χ0v) is 13.4. The Balaban J connectivity index is 2.04. The Bertz CT molecular complexity index is 601. The molecule has 0 amide bonds. The number of benzene rings is 1. The van der Waals surface area contributed by atoms with Gasteiger partial charge in [0.15, 0.2) is 0 Å². The number of aliphatic hydroxyl groups is 1. The van der Waals surface area contributed by atoms with Crippen molar-refractivity contribution in [2.24, 2.45) is 0 Å². The van der Waals surface area contributed by atoms with Crippen molar-refractivity contribution in [1.82, 2.24) is 0 Å². The summed E-state index contributed by atoms with van der Waals surface area (Å²) in [7, 11) is 0. The minimum Gasteiger partial charge on any atom is -0.381 e. The highest BCUT2D eigenvalue weighted by atomic mass is 79.9. The molecule has 100 valence electrons. The second-order valence-electron chi connectivity index (χ2n) is 5.40. The Morgan fingerprint density at radius 2 is 1.89 bits per heavy atom. The predicted octanol–water partition coefficient (Wildman–Crippen LogP) is 4.65. The van der Waals surface area contributed by atoms with Gasteiger partial charge in [-0.15, -0.1) is 0 Å². The van der Waals surface area contributed by atoms with E-state index in [1.54, 1.807) is 11.3 Å². The summed E-state index contributed by atoms with van der Waals surface area (Å²) in [4.78, 5) is 0. The number of hydrogen-bond acceptors (Lipinski definition) is 2. The lowest BCUT2D eigenvalue weighted by Gasteiger charge is -2.26. The second-order valence-corrected chi connectivity index (χ2v) is 6.99. The molecule has 1 nitrogen and oxygen atoms in total. The molecule has 3 rings (SSSR count). The maximum absolute atomic E-state index is 10.9. The number of aryl methyl sites for hydroxylation is 2. The average molecular weight is 337 g/mol. The molecule has 0 bridgehead atoms. The van der Waals surface area contributed by atoms with Crippen LogP contribution in [0.5, 0.6) is 0 Å². The molecule has 0 spiro atoms. The van der Waals surface area contributed by atoms with E-state index in [2.05, 4.69) is 34.1 Å². The van der Waals surface area contributed by atoms with Gasteiger partial charge in [0.05, 0.1) is 0 Å². The first-order valence-electron chi connectivity index (χ1n) is 6.66. The Hall–Kier alpha value is -0.640. The van der Waals surface area contributed by atoms with Gasteiger partial charge < -0.3 is 5.11 Å². The lowest BCUT2D eigenvalue weighted by atomic mass is 9.84. The maximum Gasteiger partial charge on any atom is 0.114 e. The molecule has 0 saturated heterocycles. The van der Waals surface area contributed by atoms with E-state index in [4.69, 9.17) is 0 Å². The molecule has 1 unspecified atom stereocenters. The SMILES string of the molecule is CC(O)(c1ccc2c(c1)CCCC2)c1cscc1Br. The van der Waals surface area contributed by atoms with Gasteiger partial charge in [0.2, 0.25) is 0 Å². The number of hydrogen-bond donors (Lipinski definition) is 1. The summed E-state index contributed by atoms with van der Waals surface area (Å²) in [5.41, 5.74) is 3.89. The van der Waals surface area contributed by atoms with Crippen molar-refractivity contribution in [3.63, 3.8) is 0 Å². The van der Waals surface area contributed by atoms with E-state index in [0.29, 0.717) is 0 Å². The van der Waals surface area contributed by atoms with Crippen LogP contribution in [0.3, 0.4) is 0 Å². The smallest absolute Gasteiger partial charge is 0.114 e. The summed E-state index contributed by atoms with van der Waals surface area (Å²) in [5, 5.41) is 14.9. The van der Waals surface area contributed by atoms with Gasteiger partial charge in [-0.05, 0) is 70.6 Å². The molecule has 1 aliphatic rings. The maximum atomic E-state index is 10.9. The molecule has 1 aromatic carbocycles. The first-order valence-corrected chi connectivity index (χ1v) is 8.39. The largest absolute Gasteiger partial charge is 0.381 e. The van der Waals surface area contributed by atoms with E-state index in [1.165, 1.54) is 30.4 Å². The molecule has 1 N–H and O–H groups in total. The summed E-state index contributed by atoms with van der Waals surface area (Å²) < 4.78 is 0.986. The van der Waals surface area contributed by atoms with E-state index in [-0.39, 0.29) is 0 Å². The topological polar surface area (TPSA) is 20.2 Å². The van der Waals surface area contributed by atoms with Crippen molar-refractivity contribution in [1.29, 1.82) is 0 Å². The minimum atomic E-state index is -0.925. The predicted molar refractivity (Wildman–Crippen MR) is 83.8 cm³/mol. The molecule has 0 radical (unpaired) electrons. The Kier molecular flexibility index (Phi) is 3.54. The third kappa shape index (κ3) is 2.39. The lowest BCUT2D eigenvalue weighted by Crippen LogP contribution is -2.23. The fraction of sp³-hybridized carbons (Fsp3) is 0.375. The highest BCUT2D eigenvalue weighted by Crippen LogP contribution is 2.37. The molecule has 3 heteroatoms. The molecule has 1 aliphatic carbocycles. The van der Waals surface area contributed by atoms with Crippen molar-refractivity contribution in [3.05, 3.63) is 55.7 Å². The summed E-state index contributed by atoms with van der Waals surface area (Å²) in [6.07, 6.45) is 4.88. The molecular weight excluding hydrogens is 320 g/mol. The first-order chi connectivity index (χ1) is 9.09. The second kappa shape index (κ2) is 5.04. The average Bonchev–Trinajstić information content (AvgIpc) is 2.85. The van der Waals surface area contributed by atoms with Crippen molar-refractivity contribution in [3.8, 4) is 0 Å². The van der Waals surface area contributed by atoms with Gasteiger partial charge in [-0.25, -0.2) is 0 Å². The molecule has 1 aromatic heterocycles. The van der Waals surface area contributed by atoms with Gasteiger partial charge in [0, 0.05) is 15.4 Å². The fourth-order valence-electron chi connectivity index (χ4n) is 2.82. The van der Waals surface area contributed by atoms with Crippen LogP contribution in [-0.2, 0) is 18.4 Å². The molecule has 0 aliphatic heterocycles. The quantitative estimate of drug-likeness (QED) is 0.846. The molecule has 19 heavy (non-hydrogen) atoms. The van der Waals surface area contributed by atoms with Gasteiger partial charge in [-0.3, -0.25) is 0 Å². The van der Waals surface area contributed by atoms with Crippen LogP contribution in [0.1, 0.15) is 42.0 Å². The monoisotopic (exact) mass is 336 g/mol. The van der Waals surface area contributed by atoms with E-state index in [1.807, 2.05) is 17.7 Å². The zero-order chi connectivity index (χ0) is 13.5. The van der Waals surface area contributed by atoms with Gasteiger partial charge in [0.25, 0.3) is 0 Å². The number of rotatable bonds is 2. The van der Waals surface area contributed by atoms with E-state index in [0.717, 1.165) is 22.0 Å². The summed E-state index contributed by atoms with van der Waals surface area (Å²) in [6.45, 7) is 1.88. The van der Waals surface area contributed by atoms with E-state index < -0.39 is 5.60 Å². The van der Waals surface area contributed by atoms with Crippen molar-refractivity contribution < 1.29 is 5.11 Å². The van der Waals surface area contributed by atoms with Gasteiger partial charge in [-0.1, -0.05) is 18.2 Å². The summed E-state index contributed by atoms with van der Waals surface area (Å²) >= 11 is 5.13. The Morgan fingerprint density at radius 3 is 2.58 bits per heavy atom. The van der Waals surface area contributed by atoms with Crippen LogP contribution < -0.4 is 0 Å². The molecule has 2 aromatic rings. The lowest BCUT2D eigenvalue weighted by molar-refractivity contribution is 0.102. The summed E-state index contributed by atoms with van der Waals surface area (Å²) in [5.74, 6) is 0. The highest BCUT2D eigenvalue weighted by molar-refractivity contribution is 9.10. The van der Waals surface area contributed by atoms with Crippen LogP contribution in [0.15, 0.2) is 33.4 Å². The van der Waals surface area contributed by atoms with Gasteiger partial charge in [-0.2, -0.15) is 11.3 Å². The number of thiophene rings is 1. The highest BCUT2D eigenvalue weighted by Gasteiger charge is 2.29. The zero-order valence-electron chi connectivity index (χ0n) is 10.9. The third-order valence-corrected chi connectivity index (χ3v) is 5.75. The third-order valence-electron chi connectivity index (χ3n) is 4.05. The van der Waals surface area contributed by atoms with E-state index >= 15 is 0 Å². The van der Waals surface area contributed by atoms with Crippen LogP contribution in [0.4, 0.5) is 0 Å². The van der Waals surface area contributed by atoms with Crippen LogP contribution in [0.2, 0.25) is 0 Å².